The maximum Gasteiger partial charge on any atom is 0.416 e. The number of rotatable bonds is 10. The third-order valence-corrected chi connectivity index (χ3v) is 8.93. The van der Waals surface area contributed by atoms with Crippen LogP contribution in [0.2, 0.25) is 0 Å². The third kappa shape index (κ3) is 8.36. The third-order valence-electron chi connectivity index (χ3n) is 8.13. The fraction of sp³-hybridized carbons (Fsp3) is 0.469. The Morgan fingerprint density at radius 1 is 1.11 bits per heavy atom. The Hall–Kier alpha value is -3.17. The molecule has 0 saturated heterocycles. The van der Waals surface area contributed by atoms with Gasteiger partial charge in [0.05, 0.1) is 28.9 Å². The van der Waals surface area contributed by atoms with Crippen LogP contribution in [-0.4, -0.2) is 77.8 Å². The second-order valence-electron chi connectivity index (χ2n) is 11.1. The van der Waals surface area contributed by atoms with E-state index in [2.05, 4.69) is 5.32 Å². The first-order valence-electron chi connectivity index (χ1n) is 14.8. The van der Waals surface area contributed by atoms with Gasteiger partial charge in [-0.1, -0.05) is 25.7 Å². The van der Waals surface area contributed by atoms with Crippen LogP contribution in [0.3, 0.4) is 0 Å². The molecule has 1 fully saturated rings. The van der Waals surface area contributed by atoms with E-state index in [0.29, 0.717) is 28.3 Å². The number of aliphatic hydroxyl groups is 2. The zero-order valence-electron chi connectivity index (χ0n) is 24.7. The first kappa shape index (κ1) is 34.7. The van der Waals surface area contributed by atoms with Gasteiger partial charge in [0, 0.05) is 35.7 Å². The number of aliphatic hydroxyl groups excluding tert-OH is 2. The molecule has 9 nitrogen and oxygen atoms in total. The summed E-state index contributed by atoms with van der Waals surface area (Å²) in [5.41, 5.74) is -0.312. The number of halogens is 4. The van der Waals surface area contributed by atoms with E-state index in [-0.39, 0.29) is 48.2 Å². The van der Waals surface area contributed by atoms with Crippen molar-refractivity contribution >= 4 is 40.7 Å². The van der Waals surface area contributed by atoms with E-state index in [0.717, 1.165) is 49.9 Å². The lowest BCUT2D eigenvalue weighted by atomic mass is 9.86. The van der Waals surface area contributed by atoms with Gasteiger partial charge < -0.3 is 29.9 Å². The van der Waals surface area contributed by atoms with Crippen LogP contribution in [0, 0.1) is 3.57 Å². The summed E-state index contributed by atoms with van der Waals surface area (Å²) in [6, 6.07) is 5.69. The summed E-state index contributed by atoms with van der Waals surface area (Å²) in [5, 5.41) is 23.7. The molecule has 4 rings (SSSR count). The molecule has 3 unspecified atom stereocenters. The number of alkyl halides is 3. The molecule has 2 amide bonds. The quantitative estimate of drug-likeness (QED) is 0.180. The van der Waals surface area contributed by atoms with E-state index >= 15 is 0 Å². The van der Waals surface area contributed by atoms with Crippen molar-refractivity contribution in [1.29, 1.82) is 0 Å². The minimum Gasteiger partial charge on any atom is -0.493 e. The normalized spacial score (nSPS) is 20.9. The lowest BCUT2D eigenvalue weighted by molar-refractivity contribution is -0.137. The number of aldehydes is 1. The van der Waals surface area contributed by atoms with E-state index in [9.17, 15) is 37.8 Å². The second-order valence-corrected chi connectivity index (χ2v) is 12.3. The van der Waals surface area contributed by atoms with E-state index in [4.69, 9.17) is 9.47 Å². The average Bonchev–Trinajstić information content (AvgIpc) is 3.31. The maximum absolute atomic E-state index is 14.2. The van der Waals surface area contributed by atoms with Crippen molar-refractivity contribution in [3.63, 3.8) is 0 Å². The molecule has 2 aromatic carbocycles. The Bertz CT molecular complexity index is 1390. The molecule has 3 N–H and O–H groups in total. The highest BCUT2D eigenvalue weighted by molar-refractivity contribution is 14.1. The Balaban J connectivity index is 1.77. The number of hydrogen-bond acceptors (Lipinski definition) is 7. The topological polar surface area (TPSA) is 125 Å². The number of carbonyl (C=O) groups excluding carboxylic acids is 3. The van der Waals surface area contributed by atoms with Crippen molar-refractivity contribution in [2.24, 2.45) is 0 Å². The van der Waals surface area contributed by atoms with Gasteiger partial charge >= 0.3 is 6.18 Å². The van der Waals surface area contributed by atoms with Gasteiger partial charge in [0.15, 0.2) is 11.5 Å². The highest BCUT2D eigenvalue weighted by Gasteiger charge is 2.43. The van der Waals surface area contributed by atoms with Gasteiger partial charge in [-0.25, -0.2) is 0 Å². The van der Waals surface area contributed by atoms with Gasteiger partial charge in [0.1, 0.15) is 18.5 Å². The zero-order chi connectivity index (χ0) is 32.7. The largest absolute Gasteiger partial charge is 0.493 e. The first-order chi connectivity index (χ1) is 21.5. The number of methoxy groups -OCH3 is 1. The summed E-state index contributed by atoms with van der Waals surface area (Å²) in [7, 11) is 1.40. The number of hydrogen-bond donors (Lipinski definition) is 3. The highest BCUT2D eigenvalue weighted by atomic mass is 127. The smallest absolute Gasteiger partial charge is 0.416 e. The molecule has 0 radical (unpaired) electrons. The summed E-state index contributed by atoms with van der Waals surface area (Å²) in [4.78, 5) is 40.3. The summed E-state index contributed by atoms with van der Waals surface area (Å²) in [6.45, 7) is -0.325. The number of benzene rings is 2. The Labute approximate surface area is 272 Å². The van der Waals surface area contributed by atoms with Crippen molar-refractivity contribution in [3.8, 4) is 11.5 Å². The van der Waals surface area contributed by atoms with Crippen LogP contribution in [0.25, 0.3) is 0 Å². The molecule has 1 saturated carbocycles. The summed E-state index contributed by atoms with van der Waals surface area (Å²) >= 11 is 1.97. The molecule has 0 bridgehead atoms. The Morgan fingerprint density at radius 2 is 1.78 bits per heavy atom. The van der Waals surface area contributed by atoms with Gasteiger partial charge in [-0.2, -0.15) is 13.2 Å². The lowest BCUT2D eigenvalue weighted by Gasteiger charge is -2.44. The van der Waals surface area contributed by atoms with Crippen LogP contribution in [0.4, 0.5) is 13.2 Å². The predicted octanol–water partition coefficient (Wildman–Crippen LogP) is 4.91. The fourth-order valence-electron chi connectivity index (χ4n) is 5.88. The number of nitrogens with one attached hydrogen (secondary N) is 1. The second kappa shape index (κ2) is 15.4. The maximum atomic E-state index is 14.2. The number of nitrogens with zero attached hydrogens (tertiary/aromatic N) is 1. The molecule has 0 heterocycles. The number of carbonyl (C=O) groups is 3. The standard InChI is InChI=1S/C32H36F3IN2O7/c1-44-27-15-19(18-40)14-24(36)29(27)45-26-17-21(30(42)37-12-13-39)16-25(28(26)41)38(23-6-4-2-3-5-7-23)31(43)20-8-10-22(11-9-20)32(33,34)35/h8-11,14-15,17-18,23,25-26,28,39,41H,2-7,12-13,16H2,1H3,(H,37,42). The van der Waals surface area contributed by atoms with Gasteiger partial charge in [0.25, 0.3) is 5.91 Å². The SMILES string of the molecule is COc1cc(C=O)cc(I)c1OC1C=C(C(=O)NCCO)CC(N(C(=O)c2ccc(C(F)(F)F)cc2)C2CCCCCC2)C1O. The van der Waals surface area contributed by atoms with Crippen LogP contribution in [0.1, 0.15) is 71.2 Å². The molecule has 2 aromatic rings. The Kier molecular flexibility index (Phi) is 11.9. The van der Waals surface area contributed by atoms with E-state index in [1.165, 1.54) is 24.2 Å². The highest BCUT2D eigenvalue weighted by Crippen LogP contribution is 2.38. The van der Waals surface area contributed by atoms with E-state index in [1.807, 2.05) is 22.6 Å². The lowest BCUT2D eigenvalue weighted by Crippen LogP contribution is -2.58. The molecule has 2 aliphatic carbocycles. The van der Waals surface area contributed by atoms with Crippen molar-refractivity contribution in [1.82, 2.24) is 10.2 Å². The molecule has 13 heteroatoms. The van der Waals surface area contributed by atoms with Crippen molar-refractivity contribution < 1.29 is 47.2 Å². The van der Waals surface area contributed by atoms with Gasteiger partial charge in [-0.3, -0.25) is 14.4 Å². The summed E-state index contributed by atoms with van der Waals surface area (Å²) in [5.74, 6) is -0.637. The minimum atomic E-state index is -4.57. The van der Waals surface area contributed by atoms with Gasteiger partial charge in [0.2, 0.25) is 5.91 Å². The van der Waals surface area contributed by atoms with Crippen molar-refractivity contribution in [3.05, 3.63) is 68.3 Å². The molecule has 2 aliphatic rings. The fourth-order valence-corrected chi connectivity index (χ4v) is 6.63. The molecule has 45 heavy (non-hydrogen) atoms. The molecule has 0 spiro atoms. The molecule has 3 atom stereocenters. The van der Waals surface area contributed by atoms with Crippen molar-refractivity contribution in [2.45, 2.75) is 75.4 Å². The number of ether oxygens (including phenoxy) is 2. The molecule has 244 valence electrons. The van der Waals surface area contributed by atoms with E-state index in [1.54, 1.807) is 6.07 Å². The molecular weight excluding hydrogens is 708 g/mol. The molecular formula is C32H36F3IN2O7. The minimum absolute atomic E-state index is 0.0232. The average molecular weight is 745 g/mol. The van der Waals surface area contributed by atoms with Crippen LogP contribution >= 0.6 is 22.6 Å². The van der Waals surface area contributed by atoms with Gasteiger partial charge in [-0.15, -0.1) is 0 Å². The van der Waals surface area contributed by atoms with Crippen molar-refractivity contribution in [2.75, 3.05) is 20.3 Å². The first-order valence-corrected chi connectivity index (χ1v) is 15.8. The summed E-state index contributed by atoms with van der Waals surface area (Å²) < 4.78 is 52.1. The van der Waals surface area contributed by atoms with Gasteiger partial charge in [-0.05, 0) is 77.9 Å². The van der Waals surface area contributed by atoms with Crippen LogP contribution < -0.4 is 14.8 Å². The van der Waals surface area contributed by atoms with E-state index < -0.39 is 41.8 Å². The number of amides is 2. The Morgan fingerprint density at radius 3 is 2.36 bits per heavy atom. The zero-order valence-corrected chi connectivity index (χ0v) is 26.8. The predicted molar refractivity (Wildman–Crippen MR) is 167 cm³/mol. The van der Waals surface area contributed by atoms with Crippen LogP contribution in [0.5, 0.6) is 11.5 Å². The molecule has 0 aliphatic heterocycles. The molecule has 0 aromatic heterocycles. The van der Waals surface area contributed by atoms with Crippen LogP contribution in [0.15, 0.2) is 48.0 Å². The monoisotopic (exact) mass is 744 g/mol. The summed E-state index contributed by atoms with van der Waals surface area (Å²) in [6.07, 6.45) is -0.217. The van der Waals surface area contributed by atoms with Crippen LogP contribution in [-0.2, 0) is 11.0 Å².